The van der Waals surface area contributed by atoms with Crippen molar-refractivity contribution in [1.29, 1.82) is 0 Å². The maximum absolute atomic E-state index is 6.25. The first-order chi connectivity index (χ1) is 17.4. The number of hydrogen-bond donors (Lipinski definition) is 1. The molecule has 9 nitrogen and oxygen atoms in total. The highest BCUT2D eigenvalue weighted by Crippen LogP contribution is 2.38. The zero-order valence-corrected chi connectivity index (χ0v) is 21.9. The van der Waals surface area contributed by atoms with Crippen molar-refractivity contribution in [1.82, 2.24) is 29.8 Å². The van der Waals surface area contributed by atoms with E-state index in [9.17, 15) is 0 Å². The average molecular weight is 494 g/mol. The molecule has 0 unspecified atom stereocenters. The van der Waals surface area contributed by atoms with E-state index in [0.717, 1.165) is 61.6 Å². The molecule has 1 saturated carbocycles. The second kappa shape index (κ2) is 10.7. The lowest BCUT2D eigenvalue weighted by atomic mass is 9.85. The van der Waals surface area contributed by atoms with Gasteiger partial charge in [0.25, 0.3) is 0 Å². The van der Waals surface area contributed by atoms with Crippen LogP contribution in [0.2, 0.25) is 0 Å². The van der Waals surface area contributed by atoms with Crippen LogP contribution in [0.4, 0.5) is 0 Å². The molecule has 3 heterocycles. The predicted octanol–water partition coefficient (Wildman–Crippen LogP) is 4.75. The fraction of sp³-hybridized carbons (Fsp3) is 0.630. The molecule has 1 aliphatic heterocycles. The Bertz CT molecular complexity index is 1140. The molecule has 194 valence electrons. The van der Waals surface area contributed by atoms with Gasteiger partial charge in [0.2, 0.25) is 0 Å². The van der Waals surface area contributed by atoms with Gasteiger partial charge in [-0.25, -0.2) is 4.68 Å². The Morgan fingerprint density at radius 3 is 2.56 bits per heavy atom. The molecular formula is C27H39N7O2. The molecule has 2 N–H and O–H groups in total. The highest BCUT2D eigenvalue weighted by Gasteiger charge is 2.30. The molecule has 1 saturated heterocycles. The van der Waals surface area contributed by atoms with E-state index in [1.165, 1.54) is 5.56 Å². The molecule has 0 radical (unpaired) electrons. The van der Waals surface area contributed by atoms with Gasteiger partial charge in [-0.3, -0.25) is 0 Å². The number of nitrogens with zero attached hydrogens (tertiary/aromatic N) is 6. The Hall–Kier alpha value is -2.78. The molecule has 9 heteroatoms. The topological polar surface area (TPSA) is 106 Å². The van der Waals surface area contributed by atoms with Gasteiger partial charge >= 0.3 is 0 Å². The summed E-state index contributed by atoms with van der Waals surface area (Å²) >= 11 is 0. The van der Waals surface area contributed by atoms with E-state index in [1.807, 2.05) is 23.7 Å². The van der Waals surface area contributed by atoms with Crippen molar-refractivity contribution >= 4 is 0 Å². The molecule has 36 heavy (non-hydrogen) atoms. The van der Waals surface area contributed by atoms with Crippen molar-refractivity contribution in [3.8, 4) is 5.75 Å². The fourth-order valence-corrected chi connectivity index (χ4v) is 5.49. The summed E-state index contributed by atoms with van der Waals surface area (Å²) in [6.07, 6.45) is 7.96. The quantitative estimate of drug-likeness (QED) is 0.506. The molecule has 5 rings (SSSR count). The van der Waals surface area contributed by atoms with Gasteiger partial charge in [0.1, 0.15) is 23.4 Å². The van der Waals surface area contributed by atoms with Crippen LogP contribution in [0.1, 0.15) is 112 Å². The van der Waals surface area contributed by atoms with E-state index in [0.29, 0.717) is 24.5 Å². The zero-order valence-electron chi connectivity index (χ0n) is 21.9. The molecule has 0 spiro atoms. The molecule has 3 aromatic rings. The first-order valence-corrected chi connectivity index (χ1v) is 13.3. The van der Waals surface area contributed by atoms with Gasteiger partial charge in [-0.1, -0.05) is 31.2 Å². The molecular weight excluding hydrogens is 454 g/mol. The Morgan fingerprint density at radius 2 is 1.83 bits per heavy atom. The minimum absolute atomic E-state index is 0.0176. The lowest BCUT2D eigenvalue weighted by Crippen LogP contribution is -2.32. The number of benzene rings is 1. The number of rotatable bonds is 7. The number of ether oxygens (including phenoxy) is 2. The van der Waals surface area contributed by atoms with E-state index in [-0.39, 0.29) is 18.2 Å². The molecule has 0 amide bonds. The van der Waals surface area contributed by atoms with Gasteiger partial charge in [-0.15, -0.1) is 15.3 Å². The van der Waals surface area contributed by atoms with Crippen LogP contribution in [0.5, 0.6) is 5.75 Å². The van der Waals surface area contributed by atoms with Gasteiger partial charge in [0.15, 0.2) is 11.9 Å². The second-order valence-corrected chi connectivity index (χ2v) is 10.8. The van der Waals surface area contributed by atoms with Crippen molar-refractivity contribution < 1.29 is 9.47 Å². The van der Waals surface area contributed by atoms with Crippen molar-refractivity contribution in [2.45, 2.75) is 95.4 Å². The third-order valence-electron chi connectivity index (χ3n) is 7.75. The molecule has 3 atom stereocenters. The second-order valence-electron chi connectivity index (χ2n) is 10.8. The Morgan fingerprint density at radius 1 is 1.03 bits per heavy atom. The van der Waals surface area contributed by atoms with Crippen molar-refractivity contribution in [2.24, 2.45) is 12.8 Å². The molecule has 1 aliphatic carbocycles. The van der Waals surface area contributed by atoms with Crippen LogP contribution in [0.15, 0.2) is 30.5 Å². The van der Waals surface area contributed by atoms with Crippen LogP contribution in [0.3, 0.4) is 0 Å². The predicted molar refractivity (Wildman–Crippen MR) is 137 cm³/mol. The smallest absolute Gasteiger partial charge is 0.173 e. The lowest BCUT2D eigenvalue weighted by molar-refractivity contribution is 0.00154. The zero-order chi connectivity index (χ0) is 25.2. The van der Waals surface area contributed by atoms with Crippen LogP contribution >= 0.6 is 0 Å². The molecule has 2 aromatic heterocycles. The molecule has 2 aliphatic rings. The van der Waals surface area contributed by atoms with Crippen molar-refractivity contribution in [3.05, 3.63) is 53.4 Å². The van der Waals surface area contributed by atoms with Crippen LogP contribution in [-0.2, 0) is 11.8 Å². The Balaban J connectivity index is 1.19. The number of aromatic nitrogens is 6. The monoisotopic (exact) mass is 493 g/mol. The van der Waals surface area contributed by atoms with E-state index in [4.69, 9.17) is 15.2 Å². The van der Waals surface area contributed by atoms with Crippen molar-refractivity contribution in [2.75, 3.05) is 6.61 Å². The van der Waals surface area contributed by atoms with Crippen LogP contribution in [0.25, 0.3) is 0 Å². The molecule has 1 aromatic carbocycles. The van der Waals surface area contributed by atoms with Gasteiger partial charge in [0, 0.05) is 19.0 Å². The first-order valence-electron chi connectivity index (χ1n) is 13.3. The van der Waals surface area contributed by atoms with E-state index in [2.05, 4.69) is 64.3 Å². The van der Waals surface area contributed by atoms with Gasteiger partial charge in [-0.2, -0.15) is 0 Å². The summed E-state index contributed by atoms with van der Waals surface area (Å²) in [4.78, 5) is 0. The third kappa shape index (κ3) is 5.32. The number of hydrogen-bond acceptors (Lipinski definition) is 7. The highest BCUT2D eigenvalue weighted by molar-refractivity contribution is 5.30. The van der Waals surface area contributed by atoms with Gasteiger partial charge in [-0.05, 0) is 69.1 Å². The average Bonchev–Trinajstić information content (AvgIpc) is 3.52. The summed E-state index contributed by atoms with van der Waals surface area (Å²) in [5.41, 5.74) is 8.15. The maximum Gasteiger partial charge on any atom is 0.173 e. The maximum atomic E-state index is 6.25. The third-order valence-corrected chi connectivity index (χ3v) is 7.75. The largest absolute Gasteiger partial charge is 0.483 e. The minimum Gasteiger partial charge on any atom is -0.483 e. The summed E-state index contributed by atoms with van der Waals surface area (Å²) in [5, 5.41) is 18.0. The first kappa shape index (κ1) is 24.9. The highest BCUT2D eigenvalue weighted by atomic mass is 16.5. The SMILES string of the molecule is CC(C)c1cccc(O[C@H](C)c2nnc(C3CCC(n4cc([C@@H]5CC[C@@H](N)CO5)nn4)CC3)n2C)c1. The molecule has 0 bridgehead atoms. The normalized spacial score (nSPS) is 25.7. The van der Waals surface area contributed by atoms with Gasteiger partial charge in [0.05, 0.1) is 18.8 Å². The summed E-state index contributed by atoms with van der Waals surface area (Å²) in [5.74, 6) is 3.61. The van der Waals surface area contributed by atoms with Crippen LogP contribution < -0.4 is 10.5 Å². The summed E-state index contributed by atoms with van der Waals surface area (Å²) < 4.78 is 16.3. The van der Waals surface area contributed by atoms with E-state index >= 15 is 0 Å². The standard InChI is InChI=1S/C27H39N7O2/c1-17(2)20-6-5-7-23(14-20)36-18(3)26-30-31-27(33(26)4)19-8-11-22(12-9-19)34-15-24(29-32-34)25-13-10-21(28)16-35-25/h5-7,14-15,17-19,21-22,25H,8-13,16,28H2,1-4H3/t18-,19?,21-,22?,25+/m1/s1. The van der Waals surface area contributed by atoms with Crippen LogP contribution in [-0.4, -0.2) is 42.4 Å². The van der Waals surface area contributed by atoms with Crippen molar-refractivity contribution in [3.63, 3.8) is 0 Å². The number of nitrogens with two attached hydrogens (primary N) is 1. The summed E-state index contributed by atoms with van der Waals surface area (Å²) in [6.45, 7) is 7.01. The fourth-order valence-electron chi connectivity index (χ4n) is 5.49. The Labute approximate surface area is 213 Å². The van der Waals surface area contributed by atoms with Crippen LogP contribution in [0, 0.1) is 0 Å². The summed E-state index contributed by atoms with van der Waals surface area (Å²) in [6, 6.07) is 8.80. The van der Waals surface area contributed by atoms with E-state index < -0.39 is 0 Å². The Kier molecular flexibility index (Phi) is 7.39. The van der Waals surface area contributed by atoms with E-state index in [1.54, 1.807) is 0 Å². The molecule has 2 fully saturated rings. The lowest BCUT2D eigenvalue weighted by Gasteiger charge is -2.28. The van der Waals surface area contributed by atoms with Gasteiger partial charge < -0.3 is 19.8 Å². The minimum atomic E-state index is -0.180. The summed E-state index contributed by atoms with van der Waals surface area (Å²) in [7, 11) is 2.06.